The van der Waals surface area contributed by atoms with E-state index >= 15 is 0 Å². The Bertz CT molecular complexity index is 3860. The SMILES string of the molecule is c1ccc(-c2cc(-c3ccccc3)nc(-c3cccc(-n4c5ccccc5c5ccc(-c6ccc7c(c6)c6ccccc6n7-c6ccc7oc8cccnc8c7c6)cc54)c3)c2)cc1. The molecule has 0 saturated carbocycles. The molecule has 0 bridgehead atoms. The van der Waals surface area contributed by atoms with E-state index in [0.29, 0.717) is 0 Å². The normalized spacial score (nSPS) is 11.8. The van der Waals surface area contributed by atoms with Crippen LogP contribution in [0.2, 0.25) is 0 Å². The Balaban J connectivity index is 0.956. The molecule has 0 aliphatic carbocycles. The van der Waals surface area contributed by atoms with Crippen molar-refractivity contribution in [3.05, 3.63) is 219 Å². The lowest BCUT2D eigenvalue weighted by Crippen LogP contribution is -1.96. The molecule has 5 aromatic heterocycles. The van der Waals surface area contributed by atoms with E-state index < -0.39 is 0 Å². The van der Waals surface area contributed by atoms with Gasteiger partial charge in [-0.2, -0.15) is 0 Å². The molecule has 5 nitrogen and oxygen atoms in total. The van der Waals surface area contributed by atoms with E-state index in [2.05, 4.69) is 208 Å². The van der Waals surface area contributed by atoms with E-state index in [1.165, 1.54) is 21.5 Å². The molecule has 0 unspecified atom stereocenters. The van der Waals surface area contributed by atoms with Crippen molar-refractivity contribution in [1.29, 1.82) is 0 Å². The van der Waals surface area contributed by atoms with Crippen molar-refractivity contribution < 1.29 is 4.42 Å². The Morgan fingerprint density at radius 1 is 0.317 bits per heavy atom. The van der Waals surface area contributed by atoms with Gasteiger partial charge in [-0.15, -0.1) is 0 Å². The van der Waals surface area contributed by atoms with Crippen LogP contribution in [0.5, 0.6) is 0 Å². The molecule has 0 spiro atoms. The molecule has 13 aromatic rings. The van der Waals surface area contributed by atoms with Crippen molar-refractivity contribution in [2.24, 2.45) is 0 Å². The van der Waals surface area contributed by atoms with Gasteiger partial charge in [-0.1, -0.05) is 127 Å². The van der Waals surface area contributed by atoms with Gasteiger partial charge in [0.25, 0.3) is 0 Å². The van der Waals surface area contributed by atoms with E-state index in [1.54, 1.807) is 0 Å². The standard InChI is InChI=1S/C58H36N4O/c1-3-13-37(14-4-1)42-33-50(38-15-5-2-6-16-38)60-51(34-42)41-17-11-18-43(31-41)62-52-21-9-7-19-45(52)47-27-24-40(35-55(47)62)39-25-28-54-48(32-39)46-20-8-10-22-53(46)61(54)44-26-29-56-49(36-44)58-57(63-56)23-12-30-59-58/h1-36H. The van der Waals surface area contributed by atoms with Crippen LogP contribution in [0, 0.1) is 0 Å². The lowest BCUT2D eigenvalue weighted by molar-refractivity contribution is 0.668. The first-order valence-electron chi connectivity index (χ1n) is 21.3. The van der Waals surface area contributed by atoms with Gasteiger partial charge in [0.05, 0.1) is 33.5 Å². The lowest BCUT2D eigenvalue weighted by Gasteiger charge is -2.13. The van der Waals surface area contributed by atoms with Gasteiger partial charge < -0.3 is 13.6 Å². The molecule has 63 heavy (non-hydrogen) atoms. The minimum atomic E-state index is 0.795. The van der Waals surface area contributed by atoms with Crippen LogP contribution in [-0.4, -0.2) is 19.1 Å². The first-order chi connectivity index (χ1) is 31.2. The Kier molecular flexibility index (Phi) is 7.84. The molecule has 0 N–H and O–H groups in total. The maximum absolute atomic E-state index is 6.14. The lowest BCUT2D eigenvalue weighted by atomic mass is 10.00. The maximum atomic E-state index is 6.14. The van der Waals surface area contributed by atoms with Crippen LogP contribution in [0.4, 0.5) is 0 Å². The zero-order valence-electron chi connectivity index (χ0n) is 34.0. The van der Waals surface area contributed by atoms with Gasteiger partial charge in [-0.3, -0.25) is 4.98 Å². The van der Waals surface area contributed by atoms with Crippen molar-refractivity contribution >= 4 is 65.7 Å². The number of pyridine rings is 2. The summed E-state index contributed by atoms with van der Waals surface area (Å²) in [5.41, 5.74) is 17.9. The highest BCUT2D eigenvalue weighted by atomic mass is 16.3. The molecule has 0 aliphatic heterocycles. The second kappa shape index (κ2) is 14.0. The number of hydrogen-bond donors (Lipinski definition) is 0. The summed E-state index contributed by atoms with van der Waals surface area (Å²) < 4.78 is 10.9. The summed E-state index contributed by atoms with van der Waals surface area (Å²) in [5, 5.41) is 5.85. The molecular formula is C58H36N4O. The molecule has 0 amide bonds. The number of furan rings is 1. The third kappa shape index (κ3) is 5.71. The number of fused-ring (bicyclic) bond motifs is 9. The Hall–Kier alpha value is -8.54. The van der Waals surface area contributed by atoms with Crippen LogP contribution in [0.25, 0.3) is 122 Å². The van der Waals surface area contributed by atoms with Gasteiger partial charge in [-0.05, 0) is 107 Å². The van der Waals surface area contributed by atoms with E-state index in [0.717, 1.165) is 100 Å². The van der Waals surface area contributed by atoms with Crippen molar-refractivity contribution in [2.45, 2.75) is 0 Å². The first kappa shape index (κ1) is 35.2. The van der Waals surface area contributed by atoms with Crippen molar-refractivity contribution in [2.75, 3.05) is 0 Å². The molecule has 0 radical (unpaired) electrons. The van der Waals surface area contributed by atoms with E-state index in [9.17, 15) is 0 Å². The van der Waals surface area contributed by atoms with Crippen molar-refractivity contribution in [3.8, 4) is 56.1 Å². The van der Waals surface area contributed by atoms with E-state index in [1.807, 2.05) is 24.4 Å². The van der Waals surface area contributed by atoms with Gasteiger partial charge in [-0.25, -0.2) is 4.98 Å². The van der Waals surface area contributed by atoms with Crippen LogP contribution in [-0.2, 0) is 0 Å². The molecule has 13 rings (SSSR count). The molecule has 0 atom stereocenters. The fraction of sp³-hybridized carbons (Fsp3) is 0. The average molecular weight is 805 g/mol. The molecule has 0 aliphatic rings. The van der Waals surface area contributed by atoms with Crippen molar-refractivity contribution in [1.82, 2.24) is 19.1 Å². The van der Waals surface area contributed by atoms with Crippen LogP contribution in [0.15, 0.2) is 223 Å². The fourth-order valence-electron chi connectivity index (χ4n) is 9.62. The average Bonchev–Trinajstić information content (AvgIpc) is 4.01. The Morgan fingerprint density at radius 3 is 1.75 bits per heavy atom. The first-order valence-corrected chi connectivity index (χ1v) is 21.3. The third-order valence-electron chi connectivity index (χ3n) is 12.5. The Morgan fingerprint density at radius 2 is 0.937 bits per heavy atom. The van der Waals surface area contributed by atoms with Crippen LogP contribution >= 0.6 is 0 Å². The molecule has 0 fully saturated rings. The zero-order chi connectivity index (χ0) is 41.4. The summed E-state index contributed by atoms with van der Waals surface area (Å²) in [6, 6.07) is 75.7. The highest BCUT2D eigenvalue weighted by molar-refractivity contribution is 6.13. The van der Waals surface area contributed by atoms with Gasteiger partial charge in [0.1, 0.15) is 11.1 Å². The second-order valence-electron chi connectivity index (χ2n) is 16.2. The smallest absolute Gasteiger partial charge is 0.153 e. The molecular weight excluding hydrogens is 769 g/mol. The maximum Gasteiger partial charge on any atom is 0.153 e. The van der Waals surface area contributed by atoms with Crippen LogP contribution in [0.3, 0.4) is 0 Å². The van der Waals surface area contributed by atoms with Gasteiger partial charge in [0.2, 0.25) is 0 Å². The minimum absolute atomic E-state index is 0.795. The molecule has 5 heterocycles. The number of para-hydroxylation sites is 2. The highest BCUT2D eigenvalue weighted by Crippen LogP contribution is 2.40. The molecule has 8 aromatic carbocycles. The van der Waals surface area contributed by atoms with E-state index in [4.69, 9.17) is 9.40 Å². The van der Waals surface area contributed by atoms with Gasteiger partial charge in [0.15, 0.2) is 5.58 Å². The van der Waals surface area contributed by atoms with E-state index in [-0.39, 0.29) is 0 Å². The summed E-state index contributed by atoms with van der Waals surface area (Å²) in [5.74, 6) is 0. The summed E-state index contributed by atoms with van der Waals surface area (Å²) >= 11 is 0. The number of hydrogen-bond acceptors (Lipinski definition) is 3. The summed E-state index contributed by atoms with van der Waals surface area (Å²) in [6.07, 6.45) is 1.82. The Labute approximate surface area is 362 Å². The predicted octanol–water partition coefficient (Wildman–Crippen LogP) is 15.2. The third-order valence-corrected chi connectivity index (χ3v) is 12.5. The number of benzene rings is 8. The number of aromatic nitrogens is 4. The second-order valence-corrected chi connectivity index (χ2v) is 16.2. The predicted molar refractivity (Wildman–Crippen MR) is 260 cm³/mol. The fourth-order valence-corrected chi connectivity index (χ4v) is 9.62. The summed E-state index contributed by atoms with van der Waals surface area (Å²) in [4.78, 5) is 9.93. The quantitative estimate of drug-likeness (QED) is 0.168. The molecule has 294 valence electrons. The minimum Gasteiger partial charge on any atom is -0.454 e. The summed E-state index contributed by atoms with van der Waals surface area (Å²) in [7, 11) is 0. The van der Waals surface area contributed by atoms with Crippen molar-refractivity contribution in [3.63, 3.8) is 0 Å². The molecule has 5 heteroatoms. The topological polar surface area (TPSA) is 48.8 Å². The molecule has 0 saturated heterocycles. The number of rotatable bonds is 6. The van der Waals surface area contributed by atoms with Gasteiger partial charge >= 0.3 is 0 Å². The number of nitrogens with zero attached hydrogens (tertiary/aromatic N) is 4. The summed E-state index contributed by atoms with van der Waals surface area (Å²) in [6.45, 7) is 0. The largest absolute Gasteiger partial charge is 0.454 e. The van der Waals surface area contributed by atoms with Crippen LogP contribution in [0.1, 0.15) is 0 Å². The van der Waals surface area contributed by atoms with Crippen LogP contribution < -0.4 is 0 Å². The monoisotopic (exact) mass is 804 g/mol. The van der Waals surface area contributed by atoms with Gasteiger partial charge in [0, 0.05) is 55.6 Å². The highest BCUT2D eigenvalue weighted by Gasteiger charge is 2.18. The zero-order valence-corrected chi connectivity index (χ0v) is 34.0.